The van der Waals surface area contributed by atoms with Crippen molar-refractivity contribution in [2.24, 2.45) is 5.92 Å². The van der Waals surface area contributed by atoms with Crippen LogP contribution in [0, 0.1) is 5.92 Å². The number of carbonyl (C=O) groups excluding carboxylic acids is 1. The van der Waals surface area contributed by atoms with Crippen LogP contribution >= 0.6 is 11.6 Å². The summed E-state index contributed by atoms with van der Waals surface area (Å²) in [5, 5.41) is 7.80. The van der Waals surface area contributed by atoms with Gasteiger partial charge in [-0.15, -0.1) is 0 Å². The van der Waals surface area contributed by atoms with Crippen LogP contribution in [0.4, 0.5) is 0 Å². The highest BCUT2D eigenvalue weighted by molar-refractivity contribution is 6.30. The lowest BCUT2D eigenvalue weighted by atomic mass is 9.97. The molecule has 2 aromatic carbocycles. The average Bonchev–Trinajstić information content (AvgIpc) is 3.30. The molecule has 1 N–H and O–H groups in total. The van der Waals surface area contributed by atoms with Crippen LogP contribution in [-0.4, -0.2) is 48.3 Å². The molecule has 174 valence electrons. The maximum Gasteiger partial charge on any atom is 0.241 e. The van der Waals surface area contributed by atoms with Gasteiger partial charge < -0.3 is 19.3 Å². The Morgan fingerprint density at radius 2 is 2.06 bits per heavy atom. The van der Waals surface area contributed by atoms with Crippen LogP contribution in [0.3, 0.4) is 0 Å². The summed E-state index contributed by atoms with van der Waals surface area (Å²) in [5.41, 5.74) is 1.76. The van der Waals surface area contributed by atoms with E-state index in [1.54, 1.807) is 20.3 Å². The van der Waals surface area contributed by atoms with E-state index in [2.05, 4.69) is 20.4 Å². The molecule has 1 aliphatic heterocycles. The van der Waals surface area contributed by atoms with E-state index in [0.717, 1.165) is 30.5 Å². The Balaban J connectivity index is 1.34. The second-order valence-corrected chi connectivity index (χ2v) is 8.44. The maximum atomic E-state index is 12.7. The Bertz CT molecular complexity index is 1100. The molecular formula is C24H27ClN4O4. The molecule has 4 rings (SSSR count). The molecule has 1 aliphatic rings. The second kappa shape index (κ2) is 10.7. The van der Waals surface area contributed by atoms with E-state index in [-0.39, 0.29) is 11.8 Å². The molecule has 0 radical (unpaired) electrons. The molecule has 0 saturated carbocycles. The van der Waals surface area contributed by atoms with E-state index >= 15 is 0 Å². The van der Waals surface area contributed by atoms with Crippen molar-refractivity contribution < 1.29 is 18.8 Å². The summed E-state index contributed by atoms with van der Waals surface area (Å²) in [4.78, 5) is 19.4. The van der Waals surface area contributed by atoms with Crippen molar-refractivity contribution in [2.75, 3.05) is 27.3 Å². The zero-order valence-electron chi connectivity index (χ0n) is 18.7. The largest absolute Gasteiger partial charge is 0.493 e. The summed E-state index contributed by atoms with van der Waals surface area (Å²) >= 11 is 6.02. The Hall–Kier alpha value is -3.10. The molecule has 0 bridgehead atoms. The molecule has 1 amide bonds. The summed E-state index contributed by atoms with van der Waals surface area (Å²) in [6.45, 7) is 2.49. The van der Waals surface area contributed by atoms with Gasteiger partial charge in [-0.3, -0.25) is 9.69 Å². The van der Waals surface area contributed by atoms with Gasteiger partial charge in [0.1, 0.15) is 0 Å². The number of nitrogens with one attached hydrogen (secondary N) is 1. The number of carbonyl (C=O) groups is 1. The van der Waals surface area contributed by atoms with Crippen molar-refractivity contribution in [3.8, 4) is 22.9 Å². The first-order valence-corrected chi connectivity index (χ1v) is 11.2. The number of likely N-dealkylation sites (tertiary alicyclic amines) is 1. The standard InChI is InChI=1S/C24H27ClN4O4/c1-31-20-9-8-17(12-21(20)32-2)23-27-22(33-28-23)15-29-10-4-6-18(14-29)24(30)26-13-16-5-3-7-19(25)11-16/h3,5,7-9,11-12,18H,4,6,10,13-15H2,1-2H3,(H,26,30)/t18-/m0/s1. The van der Waals surface area contributed by atoms with Crippen LogP contribution in [0.1, 0.15) is 24.3 Å². The molecule has 0 aliphatic carbocycles. The number of halogens is 1. The summed E-state index contributed by atoms with van der Waals surface area (Å²) in [5.74, 6) is 2.21. The number of ether oxygens (including phenoxy) is 2. The molecular weight excluding hydrogens is 444 g/mol. The van der Waals surface area contributed by atoms with Crippen LogP contribution in [-0.2, 0) is 17.9 Å². The van der Waals surface area contributed by atoms with Crippen LogP contribution in [0.15, 0.2) is 47.0 Å². The van der Waals surface area contributed by atoms with Crippen molar-refractivity contribution in [1.82, 2.24) is 20.4 Å². The Kier molecular flexibility index (Phi) is 7.47. The zero-order valence-corrected chi connectivity index (χ0v) is 19.5. The number of hydrogen-bond acceptors (Lipinski definition) is 7. The van der Waals surface area contributed by atoms with Crippen molar-refractivity contribution in [3.63, 3.8) is 0 Å². The average molecular weight is 471 g/mol. The van der Waals surface area contributed by atoms with E-state index < -0.39 is 0 Å². The monoisotopic (exact) mass is 470 g/mol. The van der Waals surface area contributed by atoms with E-state index in [0.29, 0.717) is 47.9 Å². The minimum absolute atomic E-state index is 0.0521. The number of aromatic nitrogens is 2. The molecule has 8 nitrogen and oxygen atoms in total. The minimum atomic E-state index is -0.0776. The molecule has 3 aromatic rings. The second-order valence-electron chi connectivity index (χ2n) is 8.00. The van der Waals surface area contributed by atoms with Gasteiger partial charge in [-0.25, -0.2) is 0 Å². The van der Waals surface area contributed by atoms with Gasteiger partial charge in [-0.2, -0.15) is 4.98 Å². The molecule has 0 spiro atoms. The number of hydrogen-bond donors (Lipinski definition) is 1. The number of nitrogens with zero attached hydrogens (tertiary/aromatic N) is 3. The van der Waals surface area contributed by atoms with Gasteiger partial charge >= 0.3 is 0 Å². The fraction of sp³-hybridized carbons (Fsp3) is 0.375. The van der Waals surface area contributed by atoms with Crippen molar-refractivity contribution in [3.05, 3.63) is 58.9 Å². The highest BCUT2D eigenvalue weighted by atomic mass is 35.5. The van der Waals surface area contributed by atoms with Crippen molar-refractivity contribution in [2.45, 2.75) is 25.9 Å². The molecule has 1 saturated heterocycles. The van der Waals surface area contributed by atoms with Gasteiger partial charge in [0.25, 0.3) is 0 Å². The highest BCUT2D eigenvalue weighted by Crippen LogP contribution is 2.31. The number of piperidine rings is 1. The van der Waals surface area contributed by atoms with Gasteiger partial charge in [-0.05, 0) is 55.3 Å². The van der Waals surface area contributed by atoms with Crippen LogP contribution in [0.5, 0.6) is 11.5 Å². The normalized spacial score (nSPS) is 16.4. The van der Waals surface area contributed by atoms with Gasteiger partial charge in [0, 0.05) is 23.7 Å². The molecule has 0 unspecified atom stereocenters. The third-order valence-corrected chi connectivity index (χ3v) is 5.94. The SMILES string of the molecule is COc1ccc(-c2noc(CN3CCC[C@H](C(=O)NCc4cccc(Cl)c4)C3)n2)cc1OC. The number of rotatable bonds is 8. The van der Waals surface area contributed by atoms with E-state index in [1.165, 1.54) is 0 Å². The lowest BCUT2D eigenvalue weighted by Crippen LogP contribution is -2.42. The van der Waals surface area contributed by atoms with Crippen molar-refractivity contribution in [1.29, 1.82) is 0 Å². The quantitative estimate of drug-likeness (QED) is 0.533. The summed E-state index contributed by atoms with van der Waals surface area (Å²) in [6, 6.07) is 13.0. The molecule has 1 fully saturated rings. The predicted molar refractivity (Wildman–Crippen MR) is 124 cm³/mol. The number of benzene rings is 2. The molecule has 9 heteroatoms. The van der Waals surface area contributed by atoms with Crippen LogP contribution in [0.25, 0.3) is 11.4 Å². The van der Waals surface area contributed by atoms with Gasteiger partial charge in [-0.1, -0.05) is 28.9 Å². The smallest absolute Gasteiger partial charge is 0.241 e. The molecule has 2 heterocycles. The van der Waals surface area contributed by atoms with Crippen LogP contribution < -0.4 is 14.8 Å². The van der Waals surface area contributed by atoms with Crippen LogP contribution in [0.2, 0.25) is 5.02 Å². The lowest BCUT2D eigenvalue weighted by molar-refractivity contribution is -0.127. The van der Waals surface area contributed by atoms with E-state index in [9.17, 15) is 4.79 Å². The summed E-state index contributed by atoms with van der Waals surface area (Å²) in [7, 11) is 3.18. The first kappa shape index (κ1) is 23.1. The fourth-order valence-electron chi connectivity index (χ4n) is 4.00. The first-order valence-electron chi connectivity index (χ1n) is 10.8. The third-order valence-electron chi connectivity index (χ3n) is 5.70. The molecule has 33 heavy (non-hydrogen) atoms. The predicted octanol–water partition coefficient (Wildman–Crippen LogP) is 3.94. The topological polar surface area (TPSA) is 89.7 Å². The minimum Gasteiger partial charge on any atom is -0.493 e. The van der Waals surface area contributed by atoms with Crippen molar-refractivity contribution >= 4 is 17.5 Å². The maximum absolute atomic E-state index is 12.7. The third kappa shape index (κ3) is 5.83. The number of amides is 1. The Morgan fingerprint density at radius 1 is 1.21 bits per heavy atom. The van der Waals surface area contributed by atoms with Gasteiger partial charge in [0.15, 0.2) is 11.5 Å². The van der Waals surface area contributed by atoms with Gasteiger partial charge in [0.05, 0.1) is 26.7 Å². The van der Waals surface area contributed by atoms with Gasteiger partial charge in [0.2, 0.25) is 17.6 Å². The summed E-state index contributed by atoms with van der Waals surface area (Å²) < 4.78 is 16.1. The fourth-order valence-corrected chi connectivity index (χ4v) is 4.21. The first-order chi connectivity index (χ1) is 16.1. The molecule has 1 aromatic heterocycles. The Labute approximate surface area is 197 Å². The highest BCUT2D eigenvalue weighted by Gasteiger charge is 2.27. The Morgan fingerprint density at radius 3 is 2.85 bits per heavy atom. The summed E-state index contributed by atoms with van der Waals surface area (Å²) in [6.07, 6.45) is 1.80. The lowest BCUT2D eigenvalue weighted by Gasteiger charge is -2.30. The van der Waals surface area contributed by atoms with E-state index in [1.807, 2.05) is 36.4 Å². The molecule has 1 atom stereocenters. The van der Waals surface area contributed by atoms with E-state index in [4.69, 9.17) is 25.6 Å². The number of methoxy groups -OCH3 is 2. The zero-order chi connectivity index (χ0) is 23.2.